The molecule has 0 aromatic heterocycles. The molecule has 24 heavy (non-hydrogen) atoms. The predicted octanol–water partition coefficient (Wildman–Crippen LogP) is 1.29. The Balaban J connectivity index is 0.00000288. The molecule has 130 valence electrons. The van der Waals surface area contributed by atoms with Crippen LogP contribution >= 0.6 is 0 Å². The molecule has 7 heteroatoms. The normalized spacial score (nSPS) is 16.0. The van der Waals surface area contributed by atoms with E-state index in [-0.39, 0.29) is 62.4 Å². The molecule has 2 N–H and O–H groups in total. The third-order valence-electron chi connectivity index (χ3n) is 4.29. The fraction of sp³-hybridized carbons (Fsp3) is 0.647. The Bertz CT molecular complexity index is 608. The van der Waals surface area contributed by atoms with Crippen LogP contribution in [0.5, 0.6) is 0 Å². The van der Waals surface area contributed by atoms with Gasteiger partial charge < -0.3 is 15.2 Å². The summed E-state index contributed by atoms with van der Waals surface area (Å²) < 4.78 is 33.1. The van der Waals surface area contributed by atoms with Gasteiger partial charge >= 0.3 is 51.4 Å². The summed E-state index contributed by atoms with van der Waals surface area (Å²) in [5.41, 5.74) is 1.56. The fourth-order valence-electron chi connectivity index (χ4n) is 2.96. The van der Waals surface area contributed by atoms with Gasteiger partial charge in [0, 0.05) is 0 Å². The summed E-state index contributed by atoms with van der Waals surface area (Å²) in [4.78, 5) is -0.182. The second-order valence-corrected chi connectivity index (χ2v) is 7.65. The summed E-state index contributed by atoms with van der Waals surface area (Å²) in [6.45, 7) is 2.23. The molecule has 1 aliphatic heterocycles. The first-order chi connectivity index (χ1) is 11.0. The second-order valence-electron chi connectivity index (χ2n) is 6.27. The molecule has 0 fully saturated rings. The third kappa shape index (κ3) is 7.31. The van der Waals surface area contributed by atoms with Crippen LogP contribution in [0.3, 0.4) is 0 Å². The van der Waals surface area contributed by atoms with Crippen molar-refractivity contribution < 1.29 is 64.4 Å². The van der Waals surface area contributed by atoms with Crippen molar-refractivity contribution >= 4 is 21.5 Å². The monoisotopic (exact) mass is 378 g/mol. The molecule has 0 aliphatic carbocycles. The van der Waals surface area contributed by atoms with Crippen molar-refractivity contribution in [3.05, 3.63) is 18.2 Å². The molecule has 1 aromatic carbocycles. The molecular formula is C17H27KN2O3S. The molecule has 0 radical (unpaired) electrons. The third-order valence-corrected chi connectivity index (χ3v) is 5.12. The Morgan fingerprint density at radius 2 is 1.54 bits per heavy atom. The zero-order valence-electron chi connectivity index (χ0n) is 14.8. The van der Waals surface area contributed by atoms with E-state index < -0.39 is 10.1 Å². The van der Waals surface area contributed by atoms with Gasteiger partial charge in [0.2, 0.25) is 0 Å². The molecule has 1 aliphatic rings. The SMILES string of the molecule is CCCCCCCCCCC1Nc2ccc(S(=O)(=O)[O-])cc2N1.[K+]. The van der Waals surface area contributed by atoms with Gasteiger partial charge in [0.25, 0.3) is 0 Å². The van der Waals surface area contributed by atoms with Crippen LogP contribution in [-0.4, -0.2) is 19.1 Å². The van der Waals surface area contributed by atoms with Gasteiger partial charge in [-0.2, -0.15) is 0 Å². The molecule has 0 amide bonds. The molecule has 1 heterocycles. The van der Waals surface area contributed by atoms with Crippen LogP contribution in [0.1, 0.15) is 64.7 Å². The van der Waals surface area contributed by atoms with Crippen molar-refractivity contribution in [2.45, 2.75) is 75.8 Å². The van der Waals surface area contributed by atoms with E-state index in [0.717, 1.165) is 18.5 Å². The summed E-state index contributed by atoms with van der Waals surface area (Å²) in [6, 6.07) is 4.42. The first-order valence-electron chi connectivity index (χ1n) is 8.63. The number of hydrogen-bond acceptors (Lipinski definition) is 5. The van der Waals surface area contributed by atoms with Crippen molar-refractivity contribution in [1.82, 2.24) is 0 Å². The number of fused-ring (bicyclic) bond motifs is 1. The van der Waals surface area contributed by atoms with Crippen LogP contribution in [0.25, 0.3) is 0 Å². The van der Waals surface area contributed by atoms with Gasteiger partial charge in [0.05, 0.1) is 22.4 Å². The number of nitrogens with one attached hydrogen (secondary N) is 2. The molecular weight excluding hydrogens is 351 g/mol. The van der Waals surface area contributed by atoms with Crippen LogP contribution < -0.4 is 62.0 Å². The topological polar surface area (TPSA) is 81.3 Å². The van der Waals surface area contributed by atoms with Crippen LogP contribution in [0.15, 0.2) is 23.1 Å². The van der Waals surface area contributed by atoms with Gasteiger partial charge in [-0.3, -0.25) is 0 Å². The van der Waals surface area contributed by atoms with E-state index in [1.807, 2.05) is 0 Å². The predicted molar refractivity (Wildman–Crippen MR) is 92.7 cm³/mol. The average Bonchev–Trinajstić information content (AvgIpc) is 2.91. The number of rotatable bonds is 10. The molecule has 1 atom stereocenters. The van der Waals surface area contributed by atoms with E-state index in [4.69, 9.17) is 0 Å². The number of anilines is 2. The standard InChI is InChI=1S/C17H28N2O3S.K/c1-2-3-4-5-6-7-8-9-10-17-18-15-12-11-14(23(20,21)22)13-16(15)19-17;/h11-13,17-19H,2-10H2,1H3,(H,20,21,22);/q;+1/p-1. The summed E-state index contributed by atoms with van der Waals surface area (Å²) in [6.07, 6.45) is 11.4. The van der Waals surface area contributed by atoms with Crippen molar-refractivity contribution in [2.24, 2.45) is 0 Å². The molecule has 0 saturated carbocycles. The van der Waals surface area contributed by atoms with E-state index >= 15 is 0 Å². The first-order valence-corrected chi connectivity index (χ1v) is 10.0. The van der Waals surface area contributed by atoms with E-state index in [1.165, 1.54) is 57.1 Å². The van der Waals surface area contributed by atoms with Crippen molar-refractivity contribution in [3.8, 4) is 0 Å². The fourth-order valence-corrected chi connectivity index (χ4v) is 3.46. The Morgan fingerprint density at radius 1 is 0.958 bits per heavy atom. The number of unbranched alkanes of at least 4 members (excludes halogenated alkanes) is 7. The Morgan fingerprint density at radius 3 is 2.17 bits per heavy atom. The van der Waals surface area contributed by atoms with Crippen LogP contribution in [0, 0.1) is 0 Å². The molecule has 5 nitrogen and oxygen atoms in total. The summed E-state index contributed by atoms with van der Waals surface area (Å²) in [5.74, 6) is 0. The number of benzene rings is 1. The minimum atomic E-state index is -4.39. The molecule has 0 saturated heterocycles. The Labute approximate surface area is 188 Å². The van der Waals surface area contributed by atoms with Gasteiger partial charge in [-0.1, -0.05) is 51.9 Å². The van der Waals surface area contributed by atoms with Gasteiger partial charge in [0.15, 0.2) is 0 Å². The van der Waals surface area contributed by atoms with E-state index in [2.05, 4.69) is 17.6 Å². The molecule has 0 spiro atoms. The van der Waals surface area contributed by atoms with E-state index in [0.29, 0.717) is 5.69 Å². The maximum absolute atomic E-state index is 11.0. The largest absolute Gasteiger partial charge is 1.00 e. The van der Waals surface area contributed by atoms with E-state index in [9.17, 15) is 13.0 Å². The van der Waals surface area contributed by atoms with Gasteiger partial charge in [-0.05, 0) is 31.0 Å². The maximum Gasteiger partial charge on any atom is 1.00 e. The molecule has 1 unspecified atom stereocenters. The van der Waals surface area contributed by atoms with Gasteiger partial charge in [-0.25, -0.2) is 8.42 Å². The summed E-state index contributed by atoms with van der Waals surface area (Å²) >= 11 is 0. The maximum atomic E-state index is 11.0. The van der Waals surface area contributed by atoms with Crippen molar-refractivity contribution in [3.63, 3.8) is 0 Å². The van der Waals surface area contributed by atoms with Crippen molar-refractivity contribution in [1.29, 1.82) is 0 Å². The first kappa shape index (κ1) is 22.4. The van der Waals surface area contributed by atoms with E-state index in [1.54, 1.807) is 6.07 Å². The van der Waals surface area contributed by atoms with Gasteiger partial charge in [-0.15, -0.1) is 0 Å². The zero-order chi connectivity index (χ0) is 16.7. The summed E-state index contributed by atoms with van der Waals surface area (Å²) in [5, 5.41) is 6.58. The average molecular weight is 379 g/mol. The zero-order valence-corrected chi connectivity index (χ0v) is 18.7. The smallest absolute Gasteiger partial charge is 0.744 e. The van der Waals surface area contributed by atoms with Crippen LogP contribution in [-0.2, 0) is 10.1 Å². The number of hydrogen-bond donors (Lipinski definition) is 2. The second kappa shape index (κ2) is 11.2. The van der Waals surface area contributed by atoms with Crippen LogP contribution in [0.2, 0.25) is 0 Å². The van der Waals surface area contributed by atoms with Crippen LogP contribution in [0.4, 0.5) is 11.4 Å². The molecule has 1 aromatic rings. The Kier molecular flexibility index (Phi) is 10.4. The molecule has 2 rings (SSSR count). The van der Waals surface area contributed by atoms with Crippen molar-refractivity contribution in [2.75, 3.05) is 10.6 Å². The minimum absolute atomic E-state index is 0. The van der Waals surface area contributed by atoms with Gasteiger partial charge in [0.1, 0.15) is 10.1 Å². The molecule has 0 bridgehead atoms. The summed E-state index contributed by atoms with van der Waals surface area (Å²) in [7, 11) is -4.39. The Hall–Kier alpha value is 0.366. The minimum Gasteiger partial charge on any atom is -0.744 e. The quantitative estimate of drug-likeness (QED) is 0.364.